The van der Waals surface area contributed by atoms with E-state index in [1.54, 1.807) is 25.2 Å². The number of anilines is 1. The molecule has 0 bridgehead atoms. The highest BCUT2D eigenvalue weighted by Crippen LogP contribution is 2.27. The van der Waals surface area contributed by atoms with Crippen molar-refractivity contribution in [1.82, 2.24) is 4.90 Å². The highest BCUT2D eigenvalue weighted by molar-refractivity contribution is 6.31. The lowest BCUT2D eigenvalue weighted by Gasteiger charge is -2.32. The van der Waals surface area contributed by atoms with Gasteiger partial charge in [0.25, 0.3) is 5.91 Å². The summed E-state index contributed by atoms with van der Waals surface area (Å²) < 4.78 is 5.22. The summed E-state index contributed by atoms with van der Waals surface area (Å²) in [6, 6.07) is 5.00. The van der Waals surface area contributed by atoms with E-state index in [-0.39, 0.29) is 18.4 Å². The molecular formula is C19H29ClN3O3+. The quantitative estimate of drug-likeness (QED) is 0.779. The number of carbonyl (C=O) groups excluding carboxylic acids is 2. The van der Waals surface area contributed by atoms with Gasteiger partial charge >= 0.3 is 0 Å². The monoisotopic (exact) mass is 382 g/mol. The Balaban J connectivity index is 1.88. The number of methoxy groups -OCH3 is 1. The fourth-order valence-electron chi connectivity index (χ4n) is 3.69. The molecule has 2 atom stereocenters. The van der Waals surface area contributed by atoms with Gasteiger partial charge in [0.2, 0.25) is 5.91 Å². The number of amides is 2. The highest BCUT2D eigenvalue weighted by Gasteiger charge is 2.28. The molecule has 0 aromatic heterocycles. The number of quaternary nitrogens is 1. The molecule has 1 aromatic carbocycles. The van der Waals surface area contributed by atoms with Gasteiger partial charge in [-0.15, -0.1) is 0 Å². The number of ether oxygens (including phenoxy) is 1. The van der Waals surface area contributed by atoms with Crippen molar-refractivity contribution in [3.8, 4) is 5.75 Å². The van der Waals surface area contributed by atoms with Crippen molar-refractivity contribution in [3.05, 3.63) is 23.2 Å². The molecule has 144 valence electrons. The van der Waals surface area contributed by atoms with Crippen molar-refractivity contribution in [1.29, 1.82) is 0 Å². The Labute approximate surface area is 160 Å². The van der Waals surface area contributed by atoms with E-state index < -0.39 is 0 Å². The van der Waals surface area contributed by atoms with Gasteiger partial charge < -0.3 is 19.9 Å². The molecule has 1 aliphatic rings. The number of halogens is 1. The van der Waals surface area contributed by atoms with E-state index in [2.05, 4.69) is 19.2 Å². The van der Waals surface area contributed by atoms with Crippen LogP contribution in [-0.2, 0) is 9.59 Å². The van der Waals surface area contributed by atoms with Crippen molar-refractivity contribution in [3.63, 3.8) is 0 Å². The number of benzene rings is 1. The second-order valence-corrected chi connectivity index (χ2v) is 7.86. The van der Waals surface area contributed by atoms with Gasteiger partial charge in [-0.3, -0.25) is 9.59 Å². The molecule has 1 aliphatic heterocycles. The number of hydrogen-bond donors (Lipinski definition) is 2. The molecule has 1 fully saturated rings. The van der Waals surface area contributed by atoms with Crippen LogP contribution in [0.25, 0.3) is 0 Å². The Bertz CT molecular complexity index is 643. The summed E-state index contributed by atoms with van der Waals surface area (Å²) in [5.41, 5.74) is 0.496. The summed E-state index contributed by atoms with van der Waals surface area (Å²) in [4.78, 5) is 27.5. The van der Waals surface area contributed by atoms with Crippen LogP contribution >= 0.6 is 11.6 Å². The molecule has 2 rings (SSSR count). The molecule has 7 heteroatoms. The molecular weight excluding hydrogens is 354 g/mol. The zero-order valence-electron chi connectivity index (χ0n) is 16.0. The van der Waals surface area contributed by atoms with Crippen LogP contribution in [0.2, 0.25) is 5.02 Å². The predicted octanol–water partition coefficient (Wildman–Crippen LogP) is 1.31. The topological polar surface area (TPSA) is 63.1 Å². The Hall–Kier alpha value is -1.79. The maximum absolute atomic E-state index is 12.5. The van der Waals surface area contributed by atoms with Crippen LogP contribution in [-0.4, -0.2) is 57.1 Å². The van der Waals surface area contributed by atoms with E-state index in [1.165, 1.54) is 23.3 Å². The van der Waals surface area contributed by atoms with E-state index in [9.17, 15) is 9.59 Å². The largest absolute Gasteiger partial charge is 0.495 e. The number of piperidine rings is 1. The van der Waals surface area contributed by atoms with Gasteiger partial charge in [0.05, 0.1) is 32.4 Å². The van der Waals surface area contributed by atoms with Crippen LogP contribution in [0.5, 0.6) is 5.75 Å². The van der Waals surface area contributed by atoms with E-state index in [4.69, 9.17) is 16.3 Å². The van der Waals surface area contributed by atoms with Crippen molar-refractivity contribution in [2.75, 3.05) is 45.7 Å². The van der Waals surface area contributed by atoms with Crippen molar-refractivity contribution >= 4 is 29.1 Å². The van der Waals surface area contributed by atoms with Gasteiger partial charge in [-0.2, -0.15) is 0 Å². The molecule has 0 saturated carbocycles. The van der Waals surface area contributed by atoms with Gasteiger partial charge in [-0.25, -0.2) is 0 Å². The molecule has 1 aromatic rings. The third-order valence-corrected chi connectivity index (χ3v) is 4.96. The summed E-state index contributed by atoms with van der Waals surface area (Å²) in [6.07, 6.45) is 1.22. The number of nitrogens with zero attached hydrogens (tertiary/aromatic N) is 1. The molecule has 2 N–H and O–H groups in total. The average molecular weight is 383 g/mol. The zero-order chi connectivity index (χ0) is 19.3. The van der Waals surface area contributed by atoms with Gasteiger partial charge in [0.15, 0.2) is 6.54 Å². The maximum Gasteiger partial charge on any atom is 0.277 e. The van der Waals surface area contributed by atoms with Gasteiger partial charge in [-0.05, 0) is 24.6 Å². The third kappa shape index (κ3) is 5.88. The van der Waals surface area contributed by atoms with Crippen LogP contribution in [0.15, 0.2) is 18.2 Å². The molecule has 0 spiro atoms. The molecule has 26 heavy (non-hydrogen) atoms. The van der Waals surface area contributed by atoms with Crippen molar-refractivity contribution in [2.45, 2.75) is 20.3 Å². The van der Waals surface area contributed by atoms with Gasteiger partial charge in [-0.1, -0.05) is 25.4 Å². The van der Waals surface area contributed by atoms with Crippen LogP contribution in [0, 0.1) is 11.8 Å². The third-order valence-electron chi connectivity index (χ3n) is 4.72. The minimum Gasteiger partial charge on any atom is -0.495 e. The van der Waals surface area contributed by atoms with E-state index >= 15 is 0 Å². The number of likely N-dealkylation sites (tertiary alicyclic amines) is 1. The van der Waals surface area contributed by atoms with Crippen molar-refractivity contribution in [2.24, 2.45) is 11.8 Å². The Morgan fingerprint density at radius 1 is 1.31 bits per heavy atom. The first-order chi connectivity index (χ1) is 12.3. The van der Waals surface area contributed by atoms with E-state index in [0.717, 1.165) is 13.1 Å². The van der Waals surface area contributed by atoms with Crippen LogP contribution < -0.4 is 15.0 Å². The van der Waals surface area contributed by atoms with Crippen LogP contribution in [0.4, 0.5) is 5.69 Å². The molecule has 0 radical (unpaired) electrons. The van der Waals surface area contributed by atoms with E-state index in [1.807, 2.05) is 0 Å². The van der Waals surface area contributed by atoms with Gasteiger partial charge in [0, 0.05) is 23.9 Å². The predicted molar refractivity (Wildman–Crippen MR) is 103 cm³/mol. The van der Waals surface area contributed by atoms with E-state index in [0.29, 0.717) is 34.8 Å². The van der Waals surface area contributed by atoms with Gasteiger partial charge in [0.1, 0.15) is 5.75 Å². The highest BCUT2D eigenvalue weighted by atomic mass is 35.5. The average Bonchev–Trinajstić information content (AvgIpc) is 2.53. The Morgan fingerprint density at radius 2 is 1.96 bits per heavy atom. The summed E-state index contributed by atoms with van der Waals surface area (Å²) in [6.45, 7) is 6.91. The fourth-order valence-corrected chi connectivity index (χ4v) is 3.86. The lowest BCUT2D eigenvalue weighted by Crippen LogP contribution is -3.15. The molecule has 1 saturated heterocycles. The van der Waals surface area contributed by atoms with Crippen LogP contribution in [0.3, 0.4) is 0 Å². The first kappa shape index (κ1) is 20.5. The smallest absolute Gasteiger partial charge is 0.277 e. The summed E-state index contributed by atoms with van der Waals surface area (Å²) >= 11 is 5.97. The minimum atomic E-state index is -0.281. The Morgan fingerprint density at radius 3 is 2.58 bits per heavy atom. The second kappa shape index (κ2) is 9.24. The Kier molecular flexibility index (Phi) is 7.29. The zero-order valence-corrected chi connectivity index (χ0v) is 16.7. The summed E-state index contributed by atoms with van der Waals surface area (Å²) in [5.74, 6) is 1.49. The van der Waals surface area contributed by atoms with Crippen molar-refractivity contribution < 1.29 is 19.2 Å². The molecule has 2 amide bonds. The molecule has 0 aliphatic carbocycles. The van der Waals surface area contributed by atoms with Crippen LogP contribution in [0.1, 0.15) is 20.3 Å². The standard InChI is InChI=1S/C19H28ClN3O3/c1-13-7-14(2)10-23(9-13)12-19(25)22(3)11-18(24)21-16-8-15(20)5-6-17(16)26-4/h5-6,8,13-14H,7,9-12H2,1-4H3,(H,21,24)/p+1/t13-,14-/m0/s1. The normalized spacial score (nSPS) is 22.6. The minimum absolute atomic E-state index is 0.00706. The number of hydrogen-bond acceptors (Lipinski definition) is 3. The number of nitrogens with one attached hydrogen (secondary N) is 2. The molecule has 0 unspecified atom stereocenters. The lowest BCUT2D eigenvalue weighted by molar-refractivity contribution is -0.904. The fraction of sp³-hybridized carbons (Fsp3) is 0.579. The number of likely N-dealkylation sites (N-methyl/N-ethyl adjacent to an activating group) is 1. The lowest BCUT2D eigenvalue weighted by atomic mass is 9.92. The SMILES string of the molecule is COc1ccc(Cl)cc1NC(=O)CN(C)C(=O)C[NH+]1C[C@@H](C)C[C@H](C)C1. The molecule has 1 heterocycles. The second-order valence-electron chi connectivity index (χ2n) is 7.42. The first-order valence-corrected chi connectivity index (χ1v) is 9.37. The number of rotatable bonds is 6. The first-order valence-electron chi connectivity index (χ1n) is 8.99. The number of carbonyl (C=O) groups is 2. The summed E-state index contributed by atoms with van der Waals surface area (Å²) in [7, 11) is 3.19. The molecule has 6 nitrogen and oxygen atoms in total. The summed E-state index contributed by atoms with van der Waals surface area (Å²) in [5, 5.41) is 3.26. The maximum atomic E-state index is 12.5.